The van der Waals surface area contributed by atoms with Gasteiger partial charge in [-0.25, -0.2) is 9.34 Å². The summed E-state index contributed by atoms with van der Waals surface area (Å²) >= 11 is 23.5. The van der Waals surface area contributed by atoms with Crippen LogP contribution in [0, 0.1) is 0 Å². The van der Waals surface area contributed by atoms with E-state index in [1.54, 1.807) is 9.34 Å². The van der Waals surface area contributed by atoms with Gasteiger partial charge < -0.3 is 4.52 Å². The molecule has 1 aromatic carbocycles. The van der Waals surface area contributed by atoms with E-state index in [1.165, 1.54) is 0 Å². The molecule has 4 nitrogen and oxygen atoms in total. The molecule has 24 heavy (non-hydrogen) atoms. The van der Waals surface area contributed by atoms with Crippen molar-refractivity contribution in [2.45, 2.75) is 6.61 Å². The average Bonchev–Trinajstić information content (AvgIpc) is 2.60. The first-order valence-electron chi connectivity index (χ1n) is 7.65. The van der Waals surface area contributed by atoms with Crippen LogP contribution in [0.15, 0.2) is 30.3 Å². The van der Waals surface area contributed by atoms with Gasteiger partial charge in [0.2, 0.25) is 0 Å². The molecule has 1 aromatic rings. The third kappa shape index (κ3) is 7.01. The van der Waals surface area contributed by atoms with Crippen molar-refractivity contribution in [3.8, 4) is 0 Å². The van der Waals surface area contributed by atoms with Crippen molar-refractivity contribution in [3.05, 3.63) is 35.9 Å². The molecule has 0 amide bonds. The highest BCUT2D eigenvalue weighted by molar-refractivity contribution is 7.54. The zero-order valence-electron chi connectivity index (χ0n) is 13.4. The maximum atomic E-state index is 13.7. The summed E-state index contributed by atoms with van der Waals surface area (Å²) in [6, 6.07) is 9.59. The van der Waals surface area contributed by atoms with Crippen molar-refractivity contribution in [1.29, 1.82) is 0 Å². The molecule has 1 rings (SSSR count). The molecule has 0 N–H and O–H groups in total. The molecule has 0 aliphatic carbocycles. The highest BCUT2D eigenvalue weighted by atomic mass is 35.5. The standard InChI is InChI=1S/C15H23Cl4N2O2P/c16-6-10-20(11-7-17)24(22,21(12-8-18)13-9-19)23-14-15-4-2-1-3-5-15/h1-5H,6-14H2. The molecule has 0 aromatic heterocycles. The molecular formula is C15H23Cl4N2O2P. The van der Waals surface area contributed by atoms with E-state index >= 15 is 0 Å². The van der Waals surface area contributed by atoms with Crippen LogP contribution in [0.1, 0.15) is 5.56 Å². The van der Waals surface area contributed by atoms with Gasteiger partial charge in [-0.05, 0) is 5.56 Å². The predicted octanol–water partition coefficient (Wildman–Crippen LogP) is 4.87. The zero-order valence-corrected chi connectivity index (χ0v) is 17.3. The van der Waals surface area contributed by atoms with Gasteiger partial charge in [-0.15, -0.1) is 46.4 Å². The third-order valence-electron chi connectivity index (χ3n) is 3.33. The summed E-state index contributed by atoms with van der Waals surface area (Å²) in [4.78, 5) is 0. The Balaban J connectivity index is 3.04. The number of alkyl halides is 4. The topological polar surface area (TPSA) is 32.8 Å². The van der Waals surface area contributed by atoms with Crippen LogP contribution in [-0.4, -0.2) is 59.0 Å². The second-order valence-electron chi connectivity index (χ2n) is 4.91. The highest BCUT2D eigenvalue weighted by Crippen LogP contribution is 2.54. The zero-order chi connectivity index (χ0) is 17.8. The van der Waals surface area contributed by atoms with Crippen LogP contribution in [0.5, 0.6) is 0 Å². The van der Waals surface area contributed by atoms with Crippen molar-refractivity contribution in [1.82, 2.24) is 9.34 Å². The van der Waals surface area contributed by atoms with Crippen molar-refractivity contribution in [2.24, 2.45) is 0 Å². The van der Waals surface area contributed by atoms with Gasteiger partial charge in [0.25, 0.3) is 0 Å². The van der Waals surface area contributed by atoms with E-state index in [0.717, 1.165) is 5.56 Å². The lowest BCUT2D eigenvalue weighted by atomic mass is 10.2. The molecule has 0 atom stereocenters. The highest BCUT2D eigenvalue weighted by Gasteiger charge is 2.37. The average molecular weight is 436 g/mol. The molecule has 138 valence electrons. The number of benzene rings is 1. The number of hydrogen-bond acceptors (Lipinski definition) is 2. The minimum Gasteiger partial charge on any atom is -0.301 e. The molecule has 0 heterocycles. The fourth-order valence-electron chi connectivity index (χ4n) is 2.19. The molecule has 0 radical (unpaired) electrons. The number of hydrogen-bond donors (Lipinski definition) is 0. The summed E-state index contributed by atoms with van der Waals surface area (Å²) in [5, 5.41) is 0. The van der Waals surface area contributed by atoms with Crippen LogP contribution in [-0.2, 0) is 15.7 Å². The Hall–Kier alpha value is 0.490. The maximum absolute atomic E-state index is 13.7. The summed E-state index contributed by atoms with van der Waals surface area (Å²) in [5.74, 6) is 1.30. The van der Waals surface area contributed by atoms with Crippen LogP contribution in [0.25, 0.3) is 0 Å². The number of rotatable bonds is 13. The predicted molar refractivity (Wildman–Crippen MR) is 105 cm³/mol. The van der Waals surface area contributed by atoms with Crippen molar-refractivity contribution in [2.75, 3.05) is 49.7 Å². The Morgan fingerprint density at radius 1 is 0.792 bits per heavy atom. The maximum Gasteiger partial charge on any atom is 0.346 e. The lowest BCUT2D eigenvalue weighted by Crippen LogP contribution is -2.37. The first-order valence-corrected chi connectivity index (χ1v) is 11.3. The van der Waals surface area contributed by atoms with Crippen LogP contribution < -0.4 is 0 Å². The quantitative estimate of drug-likeness (QED) is 0.327. The first-order chi connectivity index (χ1) is 11.6. The van der Waals surface area contributed by atoms with E-state index in [0.29, 0.717) is 49.7 Å². The van der Waals surface area contributed by atoms with Gasteiger partial charge >= 0.3 is 7.67 Å². The van der Waals surface area contributed by atoms with Gasteiger partial charge in [-0.3, -0.25) is 4.57 Å². The fraction of sp³-hybridized carbons (Fsp3) is 0.600. The minimum absolute atomic E-state index is 0.222. The van der Waals surface area contributed by atoms with Gasteiger partial charge in [0, 0.05) is 49.7 Å². The minimum atomic E-state index is -3.34. The Bertz CT molecular complexity index is 464. The molecule has 0 unspecified atom stereocenters. The van der Waals surface area contributed by atoms with E-state index in [4.69, 9.17) is 50.9 Å². The molecule has 9 heteroatoms. The molecular weight excluding hydrogens is 413 g/mol. The molecule has 0 saturated carbocycles. The van der Waals surface area contributed by atoms with Gasteiger partial charge in [0.15, 0.2) is 0 Å². The van der Waals surface area contributed by atoms with E-state index in [1.807, 2.05) is 30.3 Å². The smallest absolute Gasteiger partial charge is 0.301 e. The SMILES string of the molecule is O=P(OCc1ccccc1)(N(CCCl)CCCl)N(CCCl)CCCl. The summed E-state index contributed by atoms with van der Waals surface area (Å²) in [6.07, 6.45) is 0. The molecule has 0 spiro atoms. The van der Waals surface area contributed by atoms with Crippen molar-refractivity contribution in [3.63, 3.8) is 0 Å². The van der Waals surface area contributed by atoms with Crippen LogP contribution in [0.4, 0.5) is 0 Å². The largest absolute Gasteiger partial charge is 0.346 e. The van der Waals surface area contributed by atoms with Crippen LogP contribution in [0.3, 0.4) is 0 Å². The lowest BCUT2D eigenvalue weighted by Gasteiger charge is -2.37. The second-order valence-corrected chi connectivity index (χ2v) is 8.80. The number of nitrogens with zero attached hydrogens (tertiary/aromatic N) is 2. The van der Waals surface area contributed by atoms with Gasteiger partial charge in [-0.2, -0.15) is 0 Å². The molecule has 0 aliphatic rings. The monoisotopic (exact) mass is 434 g/mol. The van der Waals surface area contributed by atoms with E-state index in [-0.39, 0.29) is 6.61 Å². The van der Waals surface area contributed by atoms with Crippen molar-refractivity contribution >= 4 is 54.1 Å². The van der Waals surface area contributed by atoms with Crippen LogP contribution >= 0.6 is 54.1 Å². The normalized spacial score (nSPS) is 12.2. The Morgan fingerprint density at radius 2 is 1.21 bits per heavy atom. The Labute approximate surface area is 164 Å². The number of halogens is 4. The third-order valence-corrected chi connectivity index (χ3v) is 6.70. The summed E-state index contributed by atoms with van der Waals surface area (Å²) in [7, 11) is -3.34. The van der Waals surface area contributed by atoms with Gasteiger partial charge in [0.1, 0.15) is 0 Å². The summed E-state index contributed by atoms with van der Waals surface area (Å²) in [6.45, 7) is 1.84. The Kier molecular flexibility index (Phi) is 12.0. The van der Waals surface area contributed by atoms with Gasteiger partial charge in [-0.1, -0.05) is 30.3 Å². The molecule has 0 saturated heterocycles. The summed E-state index contributed by atoms with van der Waals surface area (Å²) in [5.41, 5.74) is 0.936. The second kappa shape index (κ2) is 12.8. The van der Waals surface area contributed by atoms with Gasteiger partial charge in [0.05, 0.1) is 6.61 Å². The Morgan fingerprint density at radius 3 is 1.58 bits per heavy atom. The summed E-state index contributed by atoms with van der Waals surface area (Å²) < 4.78 is 23.1. The first kappa shape index (κ1) is 22.5. The molecule has 0 bridgehead atoms. The van der Waals surface area contributed by atoms with E-state index in [9.17, 15) is 4.57 Å². The fourth-order valence-corrected chi connectivity index (χ4v) is 5.89. The lowest BCUT2D eigenvalue weighted by molar-refractivity contribution is 0.208. The molecule has 0 fully saturated rings. The molecule has 0 aliphatic heterocycles. The van der Waals surface area contributed by atoms with E-state index < -0.39 is 7.67 Å². The van der Waals surface area contributed by atoms with Crippen LogP contribution in [0.2, 0.25) is 0 Å². The van der Waals surface area contributed by atoms with E-state index in [2.05, 4.69) is 0 Å². The van der Waals surface area contributed by atoms with Crippen molar-refractivity contribution < 1.29 is 9.09 Å².